The van der Waals surface area contributed by atoms with Crippen LogP contribution in [0.1, 0.15) is 43.0 Å². The molecule has 2 aromatic heterocycles. The van der Waals surface area contributed by atoms with E-state index < -0.39 is 0 Å². The summed E-state index contributed by atoms with van der Waals surface area (Å²) < 4.78 is 1.90. The number of hydrogen-bond acceptors (Lipinski definition) is 3. The summed E-state index contributed by atoms with van der Waals surface area (Å²) >= 11 is 0. The number of fused-ring (bicyclic) bond motifs is 1. The number of hydrogen-bond donors (Lipinski definition) is 1. The Balaban J connectivity index is 1.82. The predicted molar refractivity (Wildman–Crippen MR) is 71.8 cm³/mol. The van der Waals surface area contributed by atoms with Crippen LogP contribution in [0.2, 0.25) is 0 Å². The van der Waals surface area contributed by atoms with Gasteiger partial charge in [0.2, 0.25) is 0 Å². The Bertz CT molecular complexity index is 538. The molecule has 4 heteroatoms. The molecule has 3 rings (SSSR count). The van der Waals surface area contributed by atoms with Crippen molar-refractivity contribution in [2.75, 3.05) is 7.05 Å². The Morgan fingerprint density at radius 1 is 1.28 bits per heavy atom. The van der Waals surface area contributed by atoms with Crippen molar-refractivity contribution < 1.29 is 0 Å². The van der Waals surface area contributed by atoms with Gasteiger partial charge in [-0.15, -0.1) is 0 Å². The molecule has 2 aromatic rings. The normalized spacial score (nSPS) is 24.6. The standard InChI is InChI=1S/C14H20N4/c1-10-7-8-18-13(9-10)16-14(17-18)11-3-5-12(15-2)6-4-11/h7-9,11-12,15H,3-6H2,1-2H3. The molecule has 0 spiro atoms. The summed E-state index contributed by atoms with van der Waals surface area (Å²) in [5.41, 5.74) is 2.21. The lowest BCUT2D eigenvalue weighted by atomic mass is 9.86. The predicted octanol–water partition coefficient (Wildman–Crippen LogP) is 2.28. The van der Waals surface area contributed by atoms with E-state index in [0.29, 0.717) is 12.0 Å². The van der Waals surface area contributed by atoms with Gasteiger partial charge in [0.15, 0.2) is 11.5 Å². The smallest absolute Gasteiger partial charge is 0.155 e. The van der Waals surface area contributed by atoms with Crippen LogP contribution in [0.3, 0.4) is 0 Å². The molecule has 4 nitrogen and oxygen atoms in total. The maximum atomic E-state index is 4.68. The average Bonchev–Trinajstić information content (AvgIpc) is 2.81. The Labute approximate surface area is 107 Å². The fourth-order valence-corrected chi connectivity index (χ4v) is 2.81. The topological polar surface area (TPSA) is 42.2 Å². The second kappa shape index (κ2) is 4.69. The molecule has 0 amide bonds. The summed E-state index contributed by atoms with van der Waals surface area (Å²) in [6.07, 6.45) is 6.86. The number of aromatic nitrogens is 3. The largest absolute Gasteiger partial charge is 0.317 e. The Morgan fingerprint density at radius 3 is 2.78 bits per heavy atom. The summed E-state index contributed by atoms with van der Waals surface area (Å²) in [5.74, 6) is 1.56. The zero-order valence-electron chi connectivity index (χ0n) is 11.1. The lowest BCUT2D eigenvalue weighted by Crippen LogP contribution is -2.29. The highest BCUT2D eigenvalue weighted by Gasteiger charge is 2.24. The van der Waals surface area contributed by atoms with E-state index in [1.165, 1.54) is 31.2 Å². The molecular weight excluding hydrogens is 224 g/mol. The SMILES string of the molecule is CNC1CCC(c2nc3cc(C)ccn3n2)CC1. The Hall–Kier alpha value is -1.42. The quantitative estimate of drug-likeness (QED) is 0.881. The third-order valence-electron chi connectivity index (χ3n) is 4.01. The Kier molecular flexibility index (Phi) is 3.04. The zero-order chi connectivity index (χ0) is 12.5. The van der Waals surface area contributed by atoms with Crippen LogP contribution in [0.25, 0.3) is 5.65 Å². The monoisotopic (exact) mass is 244 g/mol. The van der Waals surface area contributed by atoms with Gasteiger partial charge in [-0.2, -0.15) is 5.10 Å². The van der Waals surface area contributed by atoms with Crippen molar-refractivity contribution in [2.24, 2.45) is 0 Å². The number of nitrogens with one attached hydrogen (secondary N) is 1. The van der Waals surface area contributed by atoms with Gasteiger partial charge < -0.3 is 5.32 Å². The van der Waals surface area contributed by atoms with Crippen molar-refractivity contribution in [3.63, 3.8) is 0 Å². The average molecular weight is 244 g/mol. The van der Waals surface area contributed by atoms with E-state index in [0.717, 1.165) is 11.5 Å². The van der Waals surface area contributed by atoms with Crippen LogP contribution in [0.15, 0.2) is 18.3 Å². The molecule has 0 radical (unpaired) electrons. The fraction of sp³-hybridized carbons (Fsp3) is 0.571. The molecular formula is C14H20N4. The molecule has 18 heavy (non-hydrogen) atoms. The minimum atomic E-state index is 0.537. The van der Waals surface area contributed by atoms with Crippen LogP contribution in [0, 0.1) is 6.92 Å². The molecule has 0 atom stereocenters. The highest BCUT2D eigenvalue weighted by molar-refractivity contribution is 5.40. The van der Waals surface area contributed by atoms with Crippen LogP contribution in [0.4, 0.5) is 0 Å². The molecule has 0 aromatic carbocycles. The third-order valence-corrected chi connectivity index (χ3v) is 4.01. The van der Waals surface area contributed by atoms with E-state index in [4.69, 9.17) is 0 Å². The van der Waals surface area contributed by atoms with Gasteiger partial charge in [-0.25, -0.2) is 9.50 Å². The fourth-order valence-electron chi connectivity index (χ4n) is 2.81. The van der Waals surface area contributed by atoms with Gasteiger partial charge in [0, 0.05) is 18.2 Å². The molecule has 2 heterocycles. The maximum absolute atomic E-state index is 4.68. The molecule has 0 bridgehead atoms. The van der Waals surface area contributed by atoms with Gasteiger partial charge in [-0.3, -0.25) is 0 Å². The summed E-state index contributed by atoms with van der Waals surface area (Å²) in [6, 6.07) is 4.85. The highest BCUT2D eigenvalue weighted by atomic mass is 15.3. The molecule has 0 aliphatic heterocycles. The minimum Gasteiger partial charge on any atom is -0.317 e. The minimum absolute atomic E-state index is 0.537. The van der Waals surface area contributed by atoms with Crippen molar-refractivity contribution in [3.8, 4) is 0 Å². The van der Waals surface area contributed by atoms with Crippen LogP contribution in [-0.4, -0.2) is 27.7 Å². The molecule has 0 unspecified atom stereocenters. The van der Waals surface area contributed by atoms with E-state index in [9.17, 15) is 0 Å². The maximum Gasteiger partial charge on any atom is 0.155 e. The van der Waals surface area contributed by atoms with Crippen LogP contribution in [0.5, 0.6) is 0 Å². The number of nitrogens with zero attached hydrogens (tertiary/aromatic N) is 3. The van der Waals surface area contributed by atoms with E-state index in [1.807, 2.05) is 10.7 Å². The first-order valence-corrected chi connectivity index (χ1v) is 6.76. The van der Waals surface area contributed by atoms with Gasteiger partial charge in [-0.05, 0) is 57.4 Å². The van der Waals surface area contributed by atoms with E-state index in [-0.39, 0.29) is 0 Å². The van der Waals surface area contributed by atoms with Gasteiger partial charge in [0.05, 0.1) is 0 Å². The molecule has 1 aliphatic rings. The van der Waals surface area contributed by atoms with Gasteiger partial charge in [-0.1, -0.05) is 0 Å². The third kappa shape index (κ3) is 2.12. The molecule has 1 fully saturated rings. The number of pyridine rings is 1. The lowest BCUT2D eigenvalue weighted by Gasteiger charge is -2.26. The molecule has 0 saturated heterocycles. The van der Waals surface area contributed by atoms with Crippen molar-refractivity contribution in [1.82, 2.24) is 19.9 Å². The van der Waals surface area contributed by atoms with Crippen LogP contribution in [-0.2, 0) is 0 Å². The van der Waals surface area contributed by atoms with Gasteiger partial charge in [0.25, 0.3) is 0 Å². The van der Waals surface area contributed by atoms with Crippen molar-refractivity contribution in [1.29, 1.82) is 0 Å². The van der Waals surface area contributed by atoms with E-state index >= 15 is 0 Å². The van der Waals surface area contributed by atoms with Crippen LogP contribution >= 0.6 is 0 Å². The first kappa shape index (κ1) is 11.7. The summed E-state index contributed by atoms with van der Waals surface area (Å²) in [7, 11) is 2.05. The van der Waals surface area contributed by atoms with Crippen LogP contribution < -0.4 is 5.32 Å². The first-order valence-electron chi connectivity index (χ1n) is 6.76. The summed E-state index contributed by atoms with van der Waals surface area (Å²) in [6.45, 7) is 2.09. The molecule has 1 aliphatic carbocycles. The summed E-state index contributed by atoms with van der Waals surface area (Å²) in [4.78, 5) is 4.68. The zero-order valence-corrected chi connectivity index (χ0v) is 11.1. The second-order valence-electron chi connectivity index (χ2n) is 5.31. The highest BCUT2D eigenvalue weighted by Crippen LogP contribution is 2.31. The Morgan fingerprint density at radius 2 is 2.06 bits per heavy atom. The van der Waals surface area contributed by atoms with Crippen molar-refractivity contribution >= 4 is 5.65 Å². The molecule has 1 saturated carbocycles. The van der Waals surface area contributed by atoms with Gasteiger partial charge in [0.1, 0.15) is 0 Å². The van der Waals surface area contributed by atoms with Crippen molar-refractivity contribution in [3.05, 3.63) is 29.7 Å². The molecule has 1 N–H and O–H groups in total. The second-order valence-corrected chi connectivity index (χ2v) is 5.31. The van der Waals surface area contributed by atoms with Gasteiger partial charge >= 0.3 is 0 Å². The number of aryl methyl sites for hydroxylation is 1. The van der Waals surface area contributed by atoms with Crippen molar-refractivity contribution in [2.45, 2.75) is 44.6 Å². The molecule has 96 valence electrons. The number of rotatable bonds is 2. The first-order chi connectivity index (χ1) is 8.76. The lowest BCUT2D eigenvalue weighted by molar-refractivity contribution is 0.351. The van der Waals surface area contributed by atoms with E-state index in [1.54, 1.807) is 0 Å². The van der Waals surface area contributed by atoms with E-state index in [2.05, 4.69) is 41.5 Å². The summed E-state index contributed by atoms with van der Waals surface area (Å²) in [5, 5.41) is 7.98.